The molecule has 1 rings (SSSR count). The van der Waals surface area contributed by atoms with E-state index in [0.717, 1.165) is 0 Å². The van der Waals surface area contributed by atoms with E-state index in [2.05, 4.69) is 31.9 Å². The van der Waals surface area contributed by atoms with Crippen molar-refractivity contribution in [3.8, 4) is 6.07 Å². The second-order valence-corrected chi connectivity index (χ2v) is 3.94. The number of nitriles is 1. The van der Waals surface area contributed by atoms with Gasteiger partial charge in [0.1, 0.15) is 6.07 Å². The quantitative estimate of drug-likeness (QED) is 0.864. The van der Waals surface area contributed by atoms with Crippen LogP contribution in [0.1, 0.15) is 15.9 Å². The van der Waals surface area contributed by atoms with Gasteiger partial charge in [-0.2, -0.15) is 5.26 Å². The molecule has 1 aromatic rings. The predicted molar refractivity (Wildman–Crippen MR) is 55.1 cm³/mol. The molecule has 0 heterocycles. The SMILES string of the molecule is N#Cc1cc(C(N)=O)cc(Br)c1Br. The average Bonchev–Trinajstić information content (AvgIpc) is 2.09. The summed E-state index contributed by atoms with van der Waals surface area (Å²) >= 11 is 6.40. The third-order valence-electron chi connectivity index (χ3n) is 1.43. The minimum absolute atomic E-state index is 0.312. The Hall–Kier alpha value is -0.860. The Bertz CT molecular complexity index is 409. The van der Waals surface area contributed by atoms with Crippen molar-refractivity contribution in [2.24, 2.45) is 5.73 Å². The summed E-state index contributed by atoms with van der Waals surface area (Å²) in [5.74, 6) is -0.551. The molecule has 0 aliphatic rings. The van der Waals surface area contributed by atoms with Gasteiger partial charge in [-0.1, -0.05) is 0 Å². The fourth-order valence-electron chi connectivity index (χ4n) is 0.813. The van der Waals surface area contributed by atoms with Crippen molar-refractivity contribution in [1.82, 2.24) is 0 Å². The van der Waals surface area contributed by atoms with Gasteiger partial charge in [-0.25, -0.2) is 0 Å². The van der Waals surface area contributed by atoms with Crippen molar-refractivity contribution in [2.75, 3.05) is 0 Å². The molecule has 1 amide bonds. The molecule has 0 fully saturated rings. The van der Waals surface area contributed by atoms with Crippen LogP contribution in [-0.2, 0) is 0 Å². The Labute approximate surface area is 91.8 Å². The summed E-state index contributed by atoms with van der Waals surface area (Å²) in [5, 5.41) is 8.70. The molecule has 0 saturated carbocycles. The van der Waals surface area contributed by atoms with Crippen LogP contribution in [0, 0.1) is 11.3 Å². The van der Waals surface area contributed by atoms with E-state index in [9.17, 15) is 4.79 Å². The first-order valence-electron chi connectivity index (χ1n) is 3.25. The Balaban J connectivity index is 3.41. The number of rotatable bonds is 1. The maximum atomic E-state index is 10.8. The predicted octanol–water partition coefficient (Wildman–Crippen LogP) is 2.18. The molecular weight excluding hydrogens is 300 g/mol. The van der Waals surface area contributed by atoms with E-state index in [4.69, 9.17) is 11.0 Å². The van der Waals surface area contributed by atoms with Crippen LogP contribution in [0.15, 0.2) is 21.1 Å². The molecule has 0 saturated heterocycles. The monoisotopic (exact) mass is 302 g/mol. The fraction of sp³-hybridized carbons (Fsp3) is 0. The third-order valence-corrected chi connectivity index (χ3v) is 3.45. The van der Waals surface area contributed by atoms with E-state index in [1.54, 1.807) is 6.07 Å². The lowest BCUT2D eigenvalue weighted by Crippen LogP contribution is -2.11. The van der Waals surface area contributed by atoms with E-state index >= 15 is 0 Å². The average molecular weight is 304 g/mol. The van der Waals surface area contributed by atoms with E-state index in [0.29, 0.717) is 20.1 Å². The molecule has 0 radical (unpaired) electrons. The van der Waals surface area contributed by atoms with Crippen molar-refractivity contribution in [3.63, 3.8) is 0 Å². The summed E-state index contributed by atoms with van der Waals surface area (Å²) in [6.45, 7) is 0. The highest BCUT2D eigenvalue weighted by Gasteiger charge is 2.09. The highest BCUT2D eigenvalue weighted by molar-refractivity contribution is 9.13. The molecule has 3 nitrogen and oxygen atoms in total. The van der Waals surface area contributed by atoms with Crippen LogP contribution < -0.4 is 5.73 Å². The summed E-state index contributed by atoms with van der Waals surface area (Å²) in [4.78, 5) is 10.8. The summed E-state index contributed by atoms with van der Waals surface area (Å²) < 4.78 is 1.26. The molecule has 0 aromatic heterocycles. The van der Waals surface area contributed by atoms with Crippen molar-refractivity contribution >= 4 is 37.8 Å². The third kappa shape index (κ3) is 2.08. The van der Waals surface area contributed by atoms with Crippen molar-refractivity contribution < 1.29 is 4.79 Å². The topological polar surface area (TPSA) is 66.9 Å². The molecule has 2 N–H and O–H groups in total. The largest absolute Gasteiger partial charge is 0.366 e. The minimum atomic E-state index is -0.551. The van der Waals surface area contributed by atoms with E-state index in [1.165, 1.54) is 6.07 Å². The fourth-order valence-corrected chi connectivity index (χ4v) is 1.59. The van der Waals surface area contributed by atoms with Crippen LogP contribution >= 0.6 is 31.9 Å². The Morgan fingerprint density at radius 2 is 2.08 bits per heavy atom. The molecule has 0 atom stereocenters. The second kappa shape index (κ2) is 3.90. The van der Waals surface area contributed by atoms with Crippen LogP contribution in [0.4, 0.5) is 0 Å². The number of carbonyl (C=O) groups is 1. The van der Waals surface area contributed by atoms with Gasteiger partial charge in [-0.05, 0) is 44.0 Å². The lowest BCUT2D eigenvalue weighted by Gasteiger charge is -2.01. The molecular formula is C8H4Br2N2O. The molecule has 0 unspecified atom stereocenters. The van der Waals surface area contributed by atoms with E-state index < -0.39 is 5.91 Å². The summed E-state index contributed by atoms with van der Waals surface area (Å²) in [7, 11) is 0. The summed E-state index contributed by atoms with van der Waals surface area (Å²) in [6, 6.07) is 4.95. The first kappa shape index (κ1) is 10.2. The van der Waals surface area contributed by atoms with Gasteiger partial charge in [0.25, 0.3) is 0 Å². The maximum absolute atomic E-state index is 10.8. The van der Waals surface area contributed by atoms with Crippen molar-refractivity contribution in [3.05, 3.63) is 32.2 Å². The molecule has 13 heavy (non-hydrogen) atoms. The normalized spacial score (nSPS) is 9.31. The van der Waals surface area contributed by atoms with E-state index in [-0.39, 0.29) is 0 Å². The number of carbonyl (C=O) groups excluding carboxylic acids is 1. The van der Waals surface area contributed by atoms with E-state index in [1.807, 2.05) is 6.07 Å². The number of hydrogen-bond acceptors (Lipinski definition) is 2. The number of hydrogen-bond donors (Lipinski definition) is 1. The zero-order valence-electron chi connectivity index (χ0n) is 6.34. The number of benzene rings is 1. The Kier molecular flexibility index (Phi) is 3.07. The maximum Gasteiger partial charge on any atom is 0.248 e. The number of primary amides is 1. The molecule has 0 aliphatic carbocycles. The number of nitrogens with two attached hydrogens (primary N) is 1. The van der Waals surface area contributed by atoms with Gasteiger partial charge in [-0.15, -0.1) is 0 Å². The van der Waals surface area contributed by atoms with Gasteiger partial charge in [0.05, 0.1) is 5.56 Å². The molecule has 66 valence electrons. The van der Waals surface area contributed by atoms with Gasteiger partial charge >= 0.3 is 0 Å². The lowest BCUT2D eigenvalue weighted by atomic mass is 10.1. The van der Waals surface area contributed by atoms with Gasteiger partial charge in [0.2, 0.25) is 5.91 Å². The summed E-state index contributed by atoms with van der Waals surface area (Å²) in [6.07, 6.45) is 0. The van der Waals surface area contributed by atoms with Crippen LogP contribution in [0.5, 0.6) is 0 Å². The first-order chi connectivity index (χ1) is 6.06. The second-order valence-electron chi connectivity index (χ2n) is 2.30. The number of amides is 1. The Morgan fingerprint density at radius 3 is 2.54 bits per heavy atom. The van der Waals surface area contributed by atoms with Crippen molar-refractivity contribution in [1.29, 1.82) is 5.26 Å². The standard InChI is InChI=1S/C8H4Br2N2O/c9-6-2-4(8(12)13)1-5(3-11)7(6)10/h1-2H,(H2,12,13). The molecule has 0 aliphatic heterocycles. The first-order valence-corrected chi connectivity index (χ1v) is 4.84. The van der Waals surface area contributed by atoms with Crippen LogP contribution in [0.25, 0.3) is 0 Å². The molecule has 5 heteroatoms. The Morgan fingerprint density at radius 1 is 1.46 bits per heavy atom. The van der Waals surface area contributed by atoms with Crippen LogP contribution in [-0.4, -0.2) is 5.91 Å². The lowest BCUT2D eigenvalue weighted by molar-refractivity contribution is 0.1000. The molecule has 0 bridgehead atoms. The highest BCUT2D eigenvalue weighted by Crippen LogP contribution is 2.27. The number of nitrogens with zero attached hydrogens (tertiary/aromatic N) is 1. The zero-order chi connectivity index (χ0) is 10.0. The molecule has 0 spiro atoms. The van der Waals surface area contributed by atoms with Crippen LogP contribution in [0.3, 0.4) is 0 Å². The van der Waals surface area contributed by atoms with Gasteiger partial charge in [0, 0.05) is 14.5 Å². The number of halogens is 2. The van der Waals surface area contributed by atoms with Crippen LogP contribution in [0.2, 0.25) is 0 Å². The van der Waals surface area contributed by atoms with Gasteiger partial charge < -0.3 is 5.73 Å². The summed E-state index contributed by atoms with van der Waals surface area (Å²) in [5.41, 5.74) is 5.76. The van der Waals surface area contributed by atoms with Gasteiger partial charge in [0.15, 0.2) is 0 Å². The highest BCUT2D eigenvalue weighted by atomic mass is 79.9. The molecule has 1 aromatic carbocycles. The van der Waals surface area contributed by atoms with Crippen molar-refractivity contribution in [2.45, 2.75) is 0 Å². The van der Waals surface area contributed by atoms with Gasteiger partial charge in [-0.3, -0.25) is 4.79 Å². The zero-order valence-corrected chi connectivity index (χ0v) is 9.52. The minimum Gasteiger partial charge on any atom is -0.366 e. The smallest absolute Gasteiger partial charge is 0.248 e.